The van der Waals surface area contributed by atoms with Gasteiger partial charge < -0.3 is 21.1 Å². The van der Waals surface area contributed by atoms with Gasteiger partial charge in [0.1, 0.15) is 17.1 Å². The number of hydrogen-bond acceptors (Lipinski definition) is 7. The first-order valence-electron chi connectivity index (χ1n) is 11.5. The highest BCUT2D eigenvalue weighted by atomic mass is 32.1. The summed E-state index contributed by atoms with van der Waals surface area (Å²) in [6.45, 7) is 0.00610. The average molecular weight is 537 g/mol. The number of benzene rings is 1. The first-order chi connectivity index (χ1) is 17.5. The Morgan fingerprint density at radius 2 is 1.78 bits per heavy atom. The summed E-state index contributed by atoms with van der Waals surface area (Å²) in [5.41, 5.74) is 0.624. The van der Waals surface area contributed by atoms with Crippen LogP contribution in [0.3, 0.4) is 0 Å². The monoisotopic (exact) mass is 536 g/mol. The summed E-state index contributed by atoms with van der Waals surface area (Å²) < 4.78 is 26.1. The van der Waals surface area contributed by atoms with Gasteiger partial charge in [-0.2, -0.15) is 0 Å². The number of rotatable bonds is 13. The lowest BCUT2D eigenvalue weighted by molar-refractivity contribution is -0.143. The van der Waals surface area contributed by atoms with Crippen molar-refractivity contribution >= 4 is 40.8 Å². The third kappa shape index (κ3) is 8.70. The predicted octanol–water partition coefficient (Wildman–Crippen LogP) is 1.45. The van der Waals surface area contributed by atoms with Gasteiger partial charge in [-0.15, -0.1) is 11.3 Å². The van der Waals surface area contributed by atoms with E-state index in [0.29, 0.717) is 10.6 Å². The number of nitrogens with zero attached hydrogens (tertiary/aromatic N) is 1. The Morgan fingerprint density at radius 3 is 2.38 bits per heavy atom. The van der Waals surface area contributed by atoms with Gasteiger partial charge in [0.2, 0.25) is 23.5 Å². The van der Waals surface area contributed by atoms with Crippen LogP contribution >= 0.6 is 11.3 Å². The fraction of sp³-hybridized carbons (Fsp3) is 0.417. The van der Waals surface area contributed by atoms with Crippen molar-refractivity contribution in [3.8, 4) is 0 Å². The Kier molecular flexibility index (Phi) is 9.39. The van der Waals surface area contributed by atoms with Crippen LogP contribution in [-0.2, 0) is 36.9 Å². The molecule has 1 saturated carbocycles. The third-order valence-corrected chi connectivity index (χ3v) is 6.48. The number of nitrogens with one attached hydrogen (secondary N) is 3. The highest BCUT2D eigenvalue weighted by molar-refractivity contribution is 7.09. The summed E-state index contributed by atoms with van der Waals surface area (Å²) in [5.74, 6) is -8.48. The van der Waals surface area contributed by atoms with E-state index in [0.717, 1.165) is 0 Å². The number of ketones is 1. The number of Topliss-reactive ketones (excluding diaryl/α,β-unsaturated/α-hetero) is 1. The van der Waals surface area contributed by atoms with Gasteiger partial charge in [0.05, 0.1) is 13.0 Å². The zero-order valence-corrected chi connectivity index (χ0v) is 20.4. The van der Waals surface area contributed by atoms with Crippen LogP contribution < -0.4 is 16.0 Å². The summed E-state index contributed by atoms with van der Waals surface area (Å²) in [5, 5.41) is 18.6. The molecular formula is C24H26F2N4O6S. The van der Waals surface area contributed by atoms with Gasteiger partial charge in [0, 0.05) is 37.3 Å². The Labute approximate surface area is 214 Å². The molecule has 198 valence electrons. The van der Waals surface area contributed by atoms with Crippen molar-refractivity contribution in [1.82, 2.24) is 20.9 Å². The molecule has 0 aliphatic heterocycles. The molecule has 3 amide bonds. The van der Waals surface area contributed by atoms with Crippen molar-refractivity contribution in [2.45, 2.75) is 56.7 Å². The van der Waals surface area contributed by atoms with Crippen molar-refractivity contribution in [2.75, 3.05) is 0 Å². The number of carbonyl (C=O) groups excluding carboxylic acids is 4. The number of amides is 3. The van der Waals surface area contributed by atoms with E-state index in [9.17, 15) is 37.9 Å². The Balaban J connectivity index is 1.68. The molecule has 0 saturated heterocycles. The fourth-order valence-electron chi connectivity index (χ4n) is 3.90. The number of halogens is 2. The summed E-state index contributed by atoms with van der Waals surface area (Å²) >= 11 is 1.28. The molecule has 10 nitrogen and oxygen atoms in total. The van der Waals surface area contributed by atoms with Crippen LogP contribution in [0.5, 0.6) is 0 Å². The van der Waals surface area contributed by atoms with E-state index in [1.165, 1.54) is 11.3 Å². The molecule has 1 aromatic carbocycles. The molecule has 13 heteroatoms. The highest BCUT2D eigenvalue weighted by Crippen LogP contribution is 2.43. The lowest BCUT2D eigenvalue weighted by Crippen LogP contribution is -2.55. The number of hydrogen-bond donors (Lipinski definition) is 4. The molecule has 2 aromatic rings. The van der Waals surface area contributed by atoms with Gasteiger partial charge in [0.15, 0.2) is 0 Å². The molecule has 1 fully saturated rings. The lowest BCUT2D eigenvalue weighted by atomic mass is 9.79. The highest BCUT2D eigenvalue weighted by Gasteiger charge is 2.46. The lowest BCUT2D eigenvalue weighted by Gasteiger charge is -2.34. The summed E-state index contributed by atoms with van der Waals surface area (Å²) in [4.78, 5) is 66.1. The first-order valence-corrected chi connectivity index (χ1v) is 12.3. The number of carboxylic acids is 1. The second kappa shape index (κ2) is 12.5. The zero-order valence-electron chi connectivity index (χ0n) is 19.6. The van der Waals surface area contributed by atoms with Crippen LogP contribution in [0.2, 0.25) is 0 Å². The topological polar surface area (TPSA) is 155 Å². The van der Waals surface area contributed by atoms with Crippen LogP contribution in [0.15, 0.2) is 41.9 Å². The molecule has 0 unspecified atom stereocenters. The van der Waals surface area contributed by atoms with Crippen LogP contribution in [0.1, 0.15) is 36.3 Å². The normalized spacial score (nSPS) is 16.1. The quantitative estimate of drug-likeness (QED) is 0.283. The average Bonchev–Trinajstić information content (AvgIpc) is 3.34. The smallest absolute Gasteiger partial charge is 0.305 e. The van der Waals surface area contributed by atoms with Crippen LogP contribution in [0, 0.1) is 5.92 Å². The minimum absolute atomic E-state index is 0.00610. The van der Waals surface area contributed by atoms with Crippen molar-refractivity contribution in [2.24, 2.45) is 5.92 Å². The van der Waals surface area contributed by atoms with Gasteiger partial charge in [-0.05, 0) is 11.5 Å². The van der Waals surface area contributed by atoms with Crippen LogP contribution in [0.25, 0.3) is 0 Å². The minimum atomic E-state index is -2.83. The molecule has 1 aliphatic carbocycles. The van der Waals surface area contributed by atoms with Gasteiger partial charge >= 0.3 is 5.97 Å². The molecule has 0 bridgehead atoms. The Morgan fingerprint density at radius 1 is 1.08 bits per heavy atom. The molecular weight excluding hydrogens is 510 g/mol. The van der Waals surface area contributed by atoms with E-state index >= 15 is 0 Å². The van der Waals surface area contributed by atoms with Crippen molar-refractivity contribution < 1.29 is 37.9 Å². The largest absolute Gasteiger partial charge is 0.481 e. The standard InChI is InChI=1S/C24H26F2N4O6S/c25-24(26)11-15(12-24)9-18(31)29-17(10-20(32)33)22(35)30-16(8-14-4-2-1-3-5-14)21(34)23(36)28-13-19-27-6-7-37-19/h1-7,15-17H,8-13H2,(H,28,36)(H,29,31)(H,30,35)(H,32,33)/t16-,17-/m1/s1. The predicted molar refractivity (Wildman–Crippen MR) is 128 cm³/mol. The zero-order chi connectivity index (χ0) is 27.0. The van der Waals surface area contributed by atoms with Crippen LogP contribution in [0.4, 0.5) is 8.78 Å². The maximum absolute atomic E-state index is 13.1. The summed E-state index contributed by atoms with van der Waals surface area (Å²) in [6.07, 6.45) is -0.536. The summed E-state index contributed by atoms with van der Waals surface area (Å²) in [6, 6.07) is 5.60. The second-order valence-corrected chi connectivity index (χ2v) is 9.76. The Hall–Kier alpha value is -3.74. The maximum Gasteiger partial charge on any atom is 0.305 e. The fourth-order valence-corrected chi connectivity index (χ4v) is 4.46. The van der Waals surface area contributed by atoms with Crippen molar-refractivity contribution in [3.05, 3.63) is 52.5 Å². The number of carboxylic acid groups (broad SMARTS) is 1. The van der Waals surface area contributed by atoms with E-state index in [-0.39, 0.29) is 19.4 Å². The molecule has 0 radical (unpaired) electrons. The third-order valence-electron chi connectivity index (χ3n) is 5.70. The van der Waals surface area contributed by atoms with E-state index in [1.54, 1.807) is 41.9 Å². The molecule has 1 heterocycles. The van der Waals surface area contributed by atoms with Crippen LogP contribution in [-0.4, -0.2) is 57.6 Å². The van der Waals surface area contributed by atoms with E-state index < -0.39 is 72.7 Å². The molecule has 4 N–H and O–H groups in total. The van der Waals surface area contributed by atoms with Gasteiger partial charge in [0.25, 0.3) is 5.91 Å². The van der Waals surface area contributed by atoms with Gasteiger partial charge in [-0.25, -0.2) is 13.8 Å². The SMILES string of the molecule is O=C(O)C[C@@H](NC(=O)CC1CC(F)(F)C1)C(=O)N[C@H](Cc1ccccc1)C(=O)C(=O)NCc1nccs1. The molecule has 3 rings (SSSR count). The Bertz CT molecular complexity index is 1120. The number of alkyl halides is 2. The van der Waals surface area contributed by atoms with Crippen molar-refractivity contribution in [3.63, 3.8) is 0 Å². The molecule has 2 atom stereocenters. The number of carbonyl (C=O) groups is 5. The molecule has 37 heavy (non-hydrogen) atoms. The van der Waals surface area contributed by atoms with E-state index in [1.807, 2.05) is 0 Å². The number of aromatic nitrogens is 1. The second-order valence-electron chi connectivity index (χ2n) is 8.78. The number of thiazole rings is 1. The molecule has 1 aliphatic rings. The van der Waals surface area contributed by atoms with Gasteiger partial charge in [-0.1, -0.05) is 30.3 Å². The summed E-state index contributed by atoms with van der Waals surface area (Å²) in [7, 11) is 0. The first kappa shape index (κ1) is 27.8. The molecule has 1 aromatic heterocycles. The van der Waals surface area contributed by atoms with Gasteiger partial charge in [-0.3, -0.25) is 24.0 Å². The van der Waals surface area contributed by atoms with E-state index in [2.05, 4.69) is 20.9 Å². The number of aliphatic carboxylic acids is 1. The van der Waals surface area contributed by atoms with Crippen molar-refractivity contribution in [1.29, 1.82) is 0 Å². The maximum atomic E-state index is 13.1. The minimum Gasteiger partial charge on any atom is -0.481 e. The molecule has 0 spiro atoms. The van der Waals surface area contributed by atoms with E-state index in [4.69, 9.17) is 0 Å².